The average Bonchev–Trinajstić information content (AvgIpc) is 2.70. The van der Waals surface area contributed by atoms with E-state index < -0.39 is 0 Å². The van der Waals surface area contributed by atoms with Crippen LogP contribution in [-0.4, -0.2) is 74.3 Å². The Kier molecular flexibility index (Phi) is 5.50. The molecule has 146 valence electrons. The number of aryl methyl sites for hydroxylation is 1. The van der Waals surface area contributed by atoms with Crippen LogP contribution < -0.4 is 9.64 Å². The number of para-hydroxylation sites is 1. The van der Waals surface area contributed by atoms with Crippen LogP contribution in [0.3, 0.4) is 0 Å². The zero-order valence-corrected chi connectivity index (χ0v) is 16.9. The van der Waals surface area contributed by atoms with Crippen molar-refractivity contribution in [2.24, 2.45) is 0 Å². The molecule has 0 spiro atoms. The molecule has 1 unspecified atom stereocenters. The zero-order chi connectivity index (χ0) is 18.8. The Hall–Kier alpha value is -1.85. The van der Waals surface area contributed by atoms with Crippen LogP contribution in [0.25, 0.3) is 10.9 Å². The highest BCUT2D eigenvalue weighted by Crippen LogP contribution is 2.34. The number of nitrogens with zero attached hydrogens (tertiary/aromatic N) is 4. The van der Waals surface area contributed by atoms with Crippen molar-refractivity contribution >= 4 is 16.6 Å². The Labute approximate surface area is 162 Å². The van der Waals surface area contributed by atoms with Gasteiger partial charge in [0.05, 0.1) is 12.8 Å². The molecule has 5 nitrogen and oxygen atoms in total. The number of piperidine rings is 1. The van der Waals surface area contributed by atoms with Gasteiger partial charge in [0.2, 0.25) is 0 Å². The van der Waals surface area contributed by atoms with Gasteiger partial charge in [-0.1, -0.05) is 18.6 Å². The van der Waals surface area contributed by atoms with Crippen molar-refractivity contribution in [3.63, 3.8) is 0 Å². The van der Waals surface area contributed by atoms with E-state index in [2.05, 4.69) is 45.8 Å². The van der Waals surface area contributed by atoms with Crippen LogP contribution in [0.1, 0.15) is 24.8 Å². The lowest BCUT2D eigenvalue weighted by molar-refractivity contribution is 0.125. The number of hydrogen-bond donors (Lipinski definition) is 0. The number of anilines is 1. The molecule has 5 heteroatoms. The first-order valence-electron chi connectivity index (χ1n) is 10.3. The minimum atomic E-state index is 0.734. The van der Waals surface area contributed by atoms with Gasteiger partial charge in [-0.3, -0.25) is 9.88 Å². The minimum Gasteiger partial charge on any atom is -0.494 e. The smallest absolute Gasteiger partial charge is 0.145 e. The van der Waals surface area contributed by atoms with Gasteiger partial charge in [-0.2, -0.15) is 0 Å². The number of benzene rings is 1. The van der Waals surface area contributed by atoms with Gasteiger partial charge in [-0.25, -0.2) is 0 Å². The predicted molar refractivity (Wildman–Crippen MR) is 112 cm³/mol. The summed E-state index contributed by atoms with van der Waals surface area (Å²) >= 11 is 0. The number of fused-ring (bicyclic) bond motifs is 1. The van der Waals surface area contributed by atoms with Crippen LogP contribution in [-0.2, 0) is 0 Å². The molecular formula is C22H32N4O. The topological polar surface area (TPSA) is 31.8 Å². The molecule has 27 heavy (non-hydrogen) atoms. The van der Waals surface area contributed by atoms with Crippen LogP contribution >= 0.6 is 0 Å². The lowest BCUT2D eigenvalue weighted by Crippen LogP contribution is -2.52. The van der Waals surface area contributed by atoms with E-state index in [0.717, 1.165) is 43.5 Å². The Morgan fingerprint density at radius 1 is 1.11 bits per heavy atom. The first kappa shape index (κ1) is 18.5. The number of methoxy groups -OCH3 is 1. The highest BCUT2D eigenvalue weighted by molar-refractivity contribution is 5.96. The van der Waals surface area contributed by atoms with Crippen molar-refractivity contribution in [2.45, 2.75) is 32.2 Å². The fourth-order valence-corrected chi connectivity index (χ4v) is 4.69. The lowest BCUT2D eigenvalue weighted by atomic mass is 10.0. The Morgan fingerprint density at radius 3 is 2.67 bits per heavy atom. The highest BCUT2D eigenvalue weighted by atomic mass is 16.5. The van der Waals surface area contributed by atoms with Gasteiger partial charge >= 0.3 is 0 Å². The lowest BCUT2D eigenvalue weighted by Gasteiger charge is -2.41. The van der Waals surface area contributed by atoms with Gasteiger partial charge in [-0.15, -0.1) is 0 Å². The average molecular weight is 369 g/mol. The maximum absolute atomic E-state index is 5.53. The number of ether oxygens (including phenoxy) is 1. The van der Waals surface area contributed by atoms with Crippen molar-refractivity contribution in [1.82, 2.24) is 14.8 Å². The molecular weight excluding hydrogens is 336 g/mol. The van der Waals surface area contributed by atoms with E-state index in [1.807, 2.05) is 12.3 Å². The van der Waals surface area contributed by atoms with Gasteiger partial charge in [0.1, 0.15) is 11.3 Å². The Morgan fingerprint density at radius 2 is 1.93 bits per heavy atom. The summed E-state index contributed by atoms with van der Waals surface area (Å²) in [4.78, 5) is 12.4. The largest absolute Gasteiger partial charge is 0.494 e. The van der Waals surface area contributed by atoms with Gasteiger partial charge in [0, 0.05) is 50.3 Å². The number of aromatic nitrogens is 1. The number of likely N-dealkylation sites (tertiary alicyclic amines) is 1. The van der Waals surface area contributed by atoms with Crippen LogP contribution in [0.2, 0.25) is 0 Å². The molecule has 2 fully saturated rings. The van der Waals surface area contributed by atoms with Gasteiger partial charge in [0.15, 0.2) is 0 Å². The summed E-state index contributed by atoms with van der Waals surface area (Å²) in [6.45, 7) is 9.07. The molecule has 1 atom stereocenters. The molecule has 2 aliphatic heterocycles. The summed E-state index contributed by atoms with van der Waals surface area (Å²) in [5.74, 6) is 0.854. The number of rotatable bonds is 4. The van der Waals surface area contributed by atoms with Crippen molar-refractivity contribution in [2.75, 3.05) is 58.3 Å². The van der Waals surface area contributed by atoms with Gasteiger partial charge < -0.3 is 14.5 Å². The first-order valence-corrected chi connectivity index (χ1v) is 10.3. The standard InChI is InChI=1S/C22H32N4O/c1-17-15-23-21-19(8-6-9-20(21)27-3)22(17)26-13-11-25(12-14-26)16-18-7-4-5-10-24(18)2/h6,8-9,15,18H,4-5,7,10-14,16H2,1-3H3. The summed E-state index contributed by atoms with van der Waals surface area (Å²) in [6.07, 6.45) is 6.09. The van der Waals surface area contributed by atoms with E-state index in [4.69, 9.17) is 4.74 Å². The third kappa shape index (κ3) is 3.76. The van der Waals surface area contributed by atoms with Crippen LogP contribution in [0, 0.1) is 6.92 Å². The molecule has 0 amide bonds. The van der Waals surface area contributed by atoms with Gasteiger partial charge in [0.25, 0.3) is 0 Å². The van der Waals surface area contributed by atoms with E-state index in [9.17, 15) is 0 Å². The summed E-state index contributed by atoms with van der Waals surface area (Å²) < 4.78 is 5.53. The first-order chi connectivity index (χ1) is 13.2. The number of piperazine rings is 1. The predicted octanol–water partition coefficient (Wildman–Crippen LogP) is 3.16. The normalized spacial score (nSPS) is 22.3. The molecule has 0 aliphatic carbocycles. The van der Waals surface area contributed by atoms with Crippen molar-refractivity contribution < 1.29 is 4.74 Å². The molecule has 0 saturated carbocycles. The van der Waals surface area contributed by atoms with Crippen molar-refractivity contribution in [1.29, 1.82) is 0 Å². The molecule has 2 aromatic rings. The van der Waals surface area contributed by atoms with Crippen molar-refractivity contribution in [3.05, 3.63) is 30.0 Å². The van der Waals surface area contributed by atoms with E-state index in [1.54, 1.807) is 7.11 Å². The summed E-state index contributed by atoms with van der Waals surface area (Å²) in [6, 6.07) is 6.97. The maximum atomic E-state index is 5.53. The molecule has 4 rings (SSSR count). The fourth-order valence-electron chi connectivity index (χ4n) is 4.69. The van der Waals surface area contributed by atoms with Gasteiger partial charge in [-0.05, 0) is 45.0 Å². The van der Waals surface area contributed by atoms with Crippen molar-refractivity contribution in [3.8, 4) is 5.75 Å². The van der Waals surface area contributed by atoms with E-state index in [-0.39, 0.29) is 0 Å². The second kappa shape index (κ2) is 8.03. The second-order valence-corrected chi connectivity index (χ2v) is 8.06. The summed E-state index contributed by atoms with van der Waals surface area (Å²) in [7, 11) is 4.01. The van der Waals surface area contributed by atoms with E-state index in [0.29, 0.717) is 0 Å². The molecule has 0 bridgehead atoms. The molecule has 1 aromatic heterocycles. The molecule has 0 radical (unpaired) electrons. The third-order valence-electron chi connectivity index (χ3n) is 6.31. The van der Waals surface area contributed by atoms with E-state index >= 15 is 0 Å². The fraction of sp³-hybridized carbons (Fsp3) is 0.591. The van der Waals surface area contributed by atoms with E-state index in [1.165, 1.54) is 49.0 Å². The summed E-state index contributed by atoms with van der Waals surface area (Å²) in [5.41, 5.74) is 3.54. The molecule has 2 aliphatic rings. The molecule has 2 saturated heterocycles. The SMILES string of the molecule is COc1cccc2c(N3CCN(CC4CCCCN4C)CC3)c(C)cnc12. The monoisotopic (exact) mass is 368 g/mol. The molecule has 3 heterocycles. The summed E-state index contributed by atoms with van der Waals surface area (Å²) in [5, 5.41) is 1.20. The second-order valence-electron chi connectivity index (χ2n) is 8.06. The third-order valence-corrected chi connectivity index (χ3v) is 6.31. The van der Waals surface area contributed by atoms with Crippen LogP contribution in [0.15, 0.2) is 24.4 Å². The number of hydrogen-bond acceptors (Lipinski definition) is 5. The number of likely N-dealkylation sites (N-methyl/N-ethyl adjacent to an activating group) is 1. The highest BCUT2D eigenvalue weighted by Gasteiger charge is 2.25. The minimum absolute atomic E-state index is 0.734. The quantitative estimate of drug-likeness (QED) is 0.828. The van der Waals surface area contributed by atoms with Crippen LogP contribution in [0.4, 0.5) is 5.69 Å². The molecule has 0 N–H and O–H groups in total. The van der Waals surface area contributed by atoms with Crippen LogP contribution in [0.5, 0.6) is 5.75 Å². The molecule has 1 aromatic carbocycles. The Bertz CT molecular complexity index is 785. The Balaban J connectivity index is 1.49. The zero-order valence-electron chi connectivity index (χ0n) is 16.9. The maximum Gasteiger partial charge on any atom is 0.145 e. The number of pyridine rings is 1.